The number of amides is 2. The number of carbonyl (C=O) groups excluding carboxylic acids is 2. The number of halogens is 1. The van der Waals surface area contributed by atoms with E-state index in [0.29, 0.717) is 47.0 Å². The lowest BCUT2D eigenvalue weighted by Gasteiger charge is -2.15. The Balaban J connectivity index is 1.16. The van der Waals surface area contributed by atoms with Gasteiger partial charge in [-0.3, -0.25) is 9.69 Å². The molecular weight excluding hydrogens is 563 g/mol. The van der Waals surface area contributed by atoms with Crippen LogP contribution in [0.1, 0.15) is 18.2 Å². The van der Waals surface area contributed by atoms with Gasteiger partial charge in [0, 0.05) is 24.6 Å². The quantitative estimate of drug-likeness (QED) is 0.251. The van der Waals surface area contributed by atoms with Crippen LogP contribution in [0.4, 0.5) is 14.9 Å². The molecular formula is C30H29FN4O6S. The highest BCUT2D eigenvalue weighted by atomic mass is 32.2. The molecule has 4 N–H and O–H groups in total. The first-order valence-electron chi connectivity index (χ1n) is 13.1. The van der Waals surface area contributed by atoms with Gasteiger partial charge in [-0.15, -0.1) is 0 Å². The SMILES string of the molecule is CC(=O)NC[C@H]1CN(c2ccc(-c3ccc(CNCc4ccc(-c5cccc(S(N)(=O)=O)c5)o4)cc3)c(F)c2)C(=O)O1. The summed E-state index contributed by atoms with van der Waals surface area (Å²) < 4.78 is 49.4. The number of nitrogens with zero attached hydrogens (tertiary/aromatic N) is 1. The van der Waals surface area contributed by atoms with Gasteiger partial charge in [0.1, 0.15) is 23.4 Å². The number of hydrogen-bond acceptors (Lipinski definition) is 7. The van der Waals surface area contributed by atoms with E-state index in [0.717, 1.165) is 5.56 Å². The fourth-order valence-electron chi connectivity index (χ4n) is 4.59. The van der Waals surface area contributed by atoms with Gasteiger partial charge in [0.25, 0.3) is 0 Å². The summed E-state index contributed by atoms with van der Waals surface area (Å²) in [5.41, 5.74) is 3.05. The largest absolute Gasteiger partial charge is 0.460 e. The number of cyclic esters (lactones) is 1. The van der Waals surface area contributed by atoms with Crippen LogP contribution < -0.4 is 20.7 Å². The first-order chi connectivity index (χ1) is 20.1. The van der Waals surface area contributed by atoms with E-state index in [2.05, 4.69) is 10.6 Å². The zero-order chi connectivity index (χ0) is 29.9. The number of furan rings is 1. The van der Waals surface area contributed by atoms with E-state index in [9.17, 15) is 18.0 Å². The van der Waals surface area contributed by atoms with Gasteiger partial charge in [0.2, 0.25) is 15.9 Å². The number of rotatable bonds is 10. The molecule has 1 atom stereocenters. The summed E-state index contributed by atoms with van der Waals surface area (Å²) in [6, 6.07) is 21.9. The molecule has 0 spiro atoms. The first-order valence-corrected chi connectivity index (χ1v) is 14.7. The molecule has 1 aliphatic heterocycles. The van der Waals surface area contributed by atoms with Crippen LogP contribution in [0.2, 0.25) is 0 Å². The minimum absolute atomic E-state index is 0.0139. The van der Waals surface area contributed by atoms with Crippen molar-refractivity contribution in [1.82, 2.24) is 10.6 Å². The Morgan fingerprint density at radius 2 is 1.81 bits per heavy atom. The van der Waals surface area contributed by atoms with Crippen LogP contribution >= 0.6 is 0 Å². The summed E-state index contributed by atoms with van der Waals surface area (Å²) in [4.78, 5) is 24.7. The summed E-state index contributed by atoms with van der Waals surface area (Å²) >= 11 is 0. The molecule has 42 heavy (non-hydrogen) atoms. The molecule has 0 saturated carbocycles. The molecule has 218 valence electrons. The number of hydrogen-bond donors (Lipinski definition) is 3. The second kappa shape index (κ2) is 12.1. The fraction of sp³-hybridized carbons (Fsp3) is 0.200. The zero-order valence-electron chi connectivity index (χ0n) is 22.7. The van der Waals surface area contributed by atoms with E-state index in [1.807, 2.05) is 30.3 Å². The van der Waals surface area contributed by atoms with E-state index in [-0.39, 0.29) is 23.9 Å². The summed E-state index contributed by atoms with van der Waals surface area (Å²) in [7, 11) is -3.81. The van der Waals surface area contributed by atoms with Gasteiger partial charge in [-0.05, 0) is 53.6 Å². The van der Waals surface area contributed by atoms with Crippen LogP contribution in [0.15, 0.2) is 88.2 Å². The highest BCUT2D eigenvalue weighted by molar-refractivity contribution is 7.89. The molecule has 3 aromatic carbocycles. The van der Waals surface area contributed by atoms with Crippen molar-refractivity contribution in [3.63, 3.8) is 0 Å². The third-order valence-electron chi connectivity index (χ3n) is 6.72. The lowest BCUT2D eigenvalue weighted by molar-refractivity contribution is -0.119. The van der Waals surface area contributed by atoms with Crippen molar-refractivity contribution in [1.29, 1.82) is 0 Å². The van der Waals surface area contributed by atoms with E-state index in [1.165, 1.54) is 30.0 Å². The molecule has 0 bridgehead atoms. The van der Waals surface area contributed by atoms with Crippen LogP contribution in [0.5, 0.6) is 0 Å². The Morgan fingerprint density at radius 3 is 2.52 bits per heavy atom. The van der Waals surface area contributed by atoms with Gasteiger partial charge in [-0.2, -0.15) is 0 Å². The predicted molar refractivity (Wildman–Crippen MR) is 154 cm³/mol. The molecule has 1 aromatic heterocycles. The minimum Gasteiger partial charge on any atom is -0.460 e. The summed E-state index contributed by atoms with van der Waals surface area (Å²) in [5, 5.41) is 11.1. The standard InChI is InChI=1S/C30H29FN4O6S/c1-19(36)34-17-25-18-35(30(37)41-25)23-9-11-27(28(31)14-23)21-7-5-20(6-8-21)15-33-16-24-10-12-29(40-24)22-3-2-4-26(13-22)42(32,38)39/h2-14,25,33H,15-18H2,1H3,(H,34,36)(H2,32,38,39)/t25-/m0/s1. The summed E-state index contributed by atoms with van der Waals surface area (Å²) in [6.07, 6.45) is -1.09. The van der Waals surface area contributed by atoms with Crippen LogP contribution in [0.3, 0.4) is 0 Å². The summed E-state index contributed by atoms with van der Waals surface area (Å²) in [5.74, 6) is 0.509. The lowest BCUT2D eigenvalue weighted by atomic mass is 10.0. The monoisotopic (exact) mass is 592 g/mol. The second-order valence-electron chi connectivity index (χ2n) is 9.86. The number of nitrogens with one attached hydrogen (secondary N) is 2. The van der Waals surface area contributed by atoms with Crippen LogP contribution in [0.25, 0.3) is 22.5 Å². The van der Waals surface area contributed by atoms with Crippen LogP contribution in [0, 0.1) is 5.82 Å². The van der Waals surface area contributed by atoms with E-state index < -0.39 is 28.0 Å². The van der Waals surface area contributed by atoms with Crippen molar-refractivity contribution < 1.29 is 31.6 Å². The van der Waals surface area contributed by atoms with Gasteiger partial charge in [-0.1, -0.05) is 36.4 Å². The van der Waals surface area contributed by atoms with Crippen LogP contribution in [-0.4, -0.2) is 39.6 Å². The average Bonchev–Trinajstić information content (AvgIpc) is 3.58. The van der Waals surface area contributed by atoms with Crippen molar-refractivity contribution in [3.05, 3.63) is 96.0 Å². The number of ether oxygens (including phenoxy) is 1. The van der Waals surface area contributed by atoms with Crippen LogP contribution in [-0.2, 0) is 32.6 Å². The molecule has 1 aliphatic rings. The number of nitrogens with two attached hydrogens (primary N) is 1. The van der Waals surface area contributed by atoms with Gasteiger partial charge < -0.3 is 19.8 Å². The third kappa shape index (κ3) is 6.85. The maximum absolute atomic E-state index is 15.1. The molecule has 5 rings (SSSR count). The van der Waals surface area contributed by atoms with Gasteiger partial charge in [0.15, 0.2) is 0 Å². The molecule has 0 unspecified atom stereocenters. The van der Waals surface area contributed by atoms with Gasteiger partial charge >= 0.3 is 6.09 Å². The number of benzene rings is 3. The molecule has 2 heterocycles. The molecule has 10 nitrogen and oxygen atoms in total. The molecule has 4 aromatic rings. The Kier molecular flexibility index (Phi) is 8.39. The molecule has 12 heteroatoms. The van der Waals surface area contributed by atoms with E-state index in [4.69, 9.17) is 14.3 Å². The average molecular weight is 593 g/mol. The number of carbonyl (C=O) groups is 2. The van der Waals surface area contributed by atoms with Crippen molar-refractivity contribution in [3.8, 4) is 22.5 Å². The minimum atomic E-state index is -3.81. The maximum Gasteiger partial charge on any atom is 0.414 e. The molecule has 2 amide bonds. The topological polar surface area (TPSA) is 144 Å². The van der Waals surface area contributed by atoms with Gasteiger partial charge in [-0.25, -0.2) is 22.7 Å². The Labute approximate surface area is 242 Å². The highest BCUT2D eigenvalue weighted by Gasteiger charge is 2.32. The van der Waals surface area contributed by atoms with E-state index in [1.54, 1.807) is 30.3 Å². The normalized spacial score (nSPS) is 15.1. The maximum atomic E-state index is 15.1. The van der Waals surface area contributed by atoms with Crippen molar-refractivity contribution in [2.45, 2.75) is 31.0 Å². The van der Waals surface area contributed by atoms with Crippen molar-refractivity contribution >= 4 is 27.7 Å². The second-order valence-corrected chi connectivity index (χ2v) is 11.4. The summed E-state index contributed by atoms with van der Waals surface area (Å²) in [6.45, 7) is 2.77. The first kappa shape index (κ1) is 29.0. The smallest absolute Gasteiger partial charge is 0.414 e. The number of sulfonamides is 1. The molecule has 1 fully saturated rings. The molecule has 0 radical (unpaired) electrons. The van der Waals surface area contributed by atoms with Gasteiger partial charge in [0.05, 0.1) is 30.2 Å². The predicted octanol–water partition coefficient (Wildman–Crippen LogP) is 4.15. The third-order valence-corrected chi connectivity index (χ3v) is 7.63. The number of anilines is 1. The zero-order valence-corrected chi connectivity index (χ0v) is 23.5. The van der Waals surface area contributed by atoms with E-state index >= 15 is 4.39 Å². The fourth-order valence-corrected chi connectivity index (χ4v) is 5.15. The Hall–Kier alpha value is -4.52. The van der Waals surface area contributed by atoms with Crippen molar-refractivity contribution in [2.75, 3.05) is 18.0 Å². The molecule has 1 saturated heterocycles. The Morgan fingerprint density at radius 1 is 1.02 bits per heavy atom. The lowest BCUT2D eigenvalue weighted by Crippen LogP contribution is -2.33. The highest BCUT2D eigenvalue weighted by Crippen LogP contribution is 2.29. The Bertz CT molecular complexity index is 1720. The molecule has 0 aliphatic carbocycles. The van der Waals surface area contributed by atoms with Crippen molar-refractivity contribution in [2.24, 2.45) is 5.14 Å². The number of primary sulfonamides is 1.